The standard InChI is InChI=1S/C14H27N3/c1-14(2,17(3)4)11-16-13-9-7-5-6-8-12(13)10-15/h12-13,16H,5-9,11H2,1-4H3. The van der Waals surface area contributed by atoms with Crippen molar-refractivity contribution in [3.8, 4) is 6.07 Å². The lowest BCUT2D eigenvalue weighted by atomic mass is 9.95. The van der Waals surface area contributed by atoms with Crippen molar-refractivity contribution in [2.75, 3.05) is 20.6 Å². The predicted molar refractivity (Wildman–Crippen MR) is 71.7 cm³/mol. The third-order valence-electron chi connectivity index (χ3n) is 4.19. The van der Waals surface area contributed by atoms with Crippen molar-refractivity contribution in [1.82, 2.24) is 10.2 Å². The first-order chi connectivity index (χ1) is 7.97. The van der Waals surface area contributed by atoms with Crippen LogP contribution in [0.15, 0.2) is 0 Å². The summed E-state index contributed by atoms with van der Waals surface area (Å²) in [6.45, 7) is 5.42. The third kappa shape index (κ3) is 4.29. The Balaban J connectivity index is 2.51. The summed E-state index contributed by atoms with van der Waals surface area (Å²) in [4.78, 5) is 2.23. The van der Waals surface area contributed by atoms with Gasteiger partial charge >= 0.3 is 0 Å². The Morgan fingerprint density at radius 3 is 2.47 bits per heavy atom. The van der Waals surface area contributed by atoms with Gasteiger partial charge in [-0.3, -0.25) is 0 Å². The van der Waals surface area contributed by atoms with Gasteiger partial charge < -0.3 is 10.2 Å². The quantitative estimate of drug-likeness (QED) is 0.763. The molecule has 2 atom stereocenters. The number of nitriles is 1. The summed E-state index contributed by atoms with van der Waals surface area (Å²) in [7, 11) is 4.22. The van der Waals surface area contributed by atoms with Crippen LogP contribution in [0.4, 0.5) is 0 Å². The number of likely N-dealkylation sites (N-methyl/N-ethyl adjacent to an activating group) is 1. The fourth-order valence-electron chi connectivity index (χ4n) is 2.25. The summed E-state index contributed by atoms with van der Waals surface area (Å²) in [5.41, 5.74) is 0.145. The van der Waals surface area contributed by atoms with E-state index >= 15 is 0 Å². The van der Waals surface area contributed by atoms with E-state index in [2.05, 4.69) is 44.2 Å². The predicted octanol–water partition coefficient (Wildman–Crippen LogP) is 2.39. The van der Waals surface area contributed by atoms with Crippen LogP contribution < -0.4 is 5.32 Å². The molecule has 1 fully saturated rings. The van der Waals surface area contributed by atoms with E-state index in [1.54, 1.807) is 0 Å². The first-order valence-electron chi connectivity index (χ1n) is 6.78. The van der Waals surface area contributed by atoms with E-state index < -0.39 is 0 Å². The molecule has 0 aromatic carbocycles. The van der Waals surface area contributed by atoms with E-state index in [0.29, 0.717) is 6.04 Å². The Morgan fingerprint density at radius 2 is 1.88 bits per heavy atom. The van der Waals surface area contributed by atoms with Gasteiger partial charge in [0.1, 0.15) is 0 Å². The molecule has 3 nitrogen and oxygen atoms in total. The lowest BCUT2D eigenvalue weighted by Crippen LogP contribution is -2.50. The fraction of sp³-hybridized carbons (Fsp3) is 0.929. The van der Waals surface area contributed by atoms with Crippen LogP contribution in [-0.2, 0) is 0 Å². The zero-order valence-electron chi connectivity index (χ0n) is 11.8. The molecule has 17 heavy (non-hydrogen) atoms. The van der Waals surface area contributed by atoms with Gasteiger partial charge in [0.2, 0.25) is 0 Å². The number of rotatable bonds is 4. The van der Waals surface area contributed by atoms with E-state index in [1.807, 2.05) is 0 Å². The van der Waals surface area contributed by atoms with Crippen molar-refractivity contribution >= 4 is 0 Å². The molecule has 0 aromatic heterocycles. The molecule has 0 aromatic rings. The normalized spacial score (nSPS) is 26.6. The molecule has 2 unspecified atom stereocenters. The van der Waals surface area contributed by atoms with Crippen molar-refractivity contribution in [3.63, 3.8) is 0 Å². The van der Waals surface area contributed by atoms with Gasteiger partial charge in [0.05, 0.1) is 12.0 Å². The molecule has 3 heteroatoms. The highest BCUT2D eigenvalue weighted by Crippen LogP contribution is 2.23. The zero-order chi connectivity index (χ0) is 12.9. The van der Waals surface area contributed by atoms with Crippen LogP contribution in [0.25, 0.3) is 0 Å². The lowest BCUT2D eigenvalue weighted by Gasteiger charge is -2.35. The van der Waals surface area contributed by atoms with E-state index in [1.165, 1.54) is 19.3 Å². The Labute approximate surface area is 106 Å². The van der Waals surface area contributed by atoms with Crippen LogP contribution in [0.2, 0.25) is 0 Å². The van der Waals surface area contributed by atoms with Crippen molar-refractivity contribution in [2.24, 2.45) is 5.92 Å². The monoisotopic (exact) mass is 237 g/mol. The van der Waals surface area contributed by atoms with E-state index in [9.17, 15) is 5.26 Å². The second-order valence-electron chi connectivity index (χ2n) is 6.07. The van der Waals surface area contributed by atoms with Gasteiger partial charge in [-0.1, -0.05) is 19.3 Å². The largest absolute Gasteiger partial charge is 0.311 e. The molecule has 1 rings (SSSR count). The summed E-state index contributed by atoms with van der Waals surface area (Å²) in [6, 6.07) is 2.87. The van der Waals surface area contributed by atoms with Gasteiger partial charge in [0.15, 0.2) is 0 Å². The molecular formula is C14H27N3. The molecular weight excluding hydrogens is 210 g/mol. The average molecular weight is 237 g/mol. The molecule has 0 amide bonds. The van der Waals surface area contributed by atoms with Crippen molar-refractivity contribution in [1.29, 1.82) is 5.26 Å². The maximum Gasteiger partial charge on any atom is 0.0672 e. The minimum atomic E-state index is 0.145. The van der Waals surface area contributed by atoms with E-state index in [-0.39, 0.29) is 11.5 Å². The van der Waals surface area contributed by atoms with Crippen LogP contribution >= 0.6 is 0 Å². The molecule has 0 spiro atoms. The van der Waals surface area contributed by atoms with Gasteiger partial charge in [-0.15, -0.1) is 0 Å². The van der Waals surface area contributed by atoms with Gasteiger partial charge in [-0.2, -0.15) is 5.26 Å². The number of nitrogens with zero attached hydrogens (tertiary/aromatic N) is 2. The maximum absolute atomic E-state index is 9.22. The van der Waals surface area contributed by atoms with Crippen molar-refractivity contribution in [3.05, 3.63) is 0 Å². The molecule has 1 N–H and O–H groups in total. The van der Waals surface area contributed by atoms with Gasteiger partial charge in [-0.25, -0.2) is 0 Å². The molecule has 1 saturated carbocycles. The van der Waals surface area contributed by atoms with Crippen LogP contribution in [0, 0.1) is 17.2 Å². The molecule has 0 aliphatic heterocycles. The summed E-state index contributed by atoms with van der Waals surface area (Å²) in [6.07, 6.45) is 5.98. The number of hydrogen-bond donors (Lipinski definition) is 1. The maximum atomic E-state index is 9.22. The second kappa shape index (κ2) is 6.37. The summed E-state index contributed by atoms with van der Waals surface area (Å²) >= 11 is 0. The molecule has 0 bridgehead atoms. The second-order valence-corrected chi connectivity index (χ2v) is 6.07. The molecule has 1 aliphatic carbocycles. The Hall–Kier alpha value is -0.590. The third-order valence-corrected chi connectivity index (χ3v) is 4.19. The molecule has 0 heterocycles. The van der Waals surface area contributed by atoms with Gasteiger partial charge in [0.25, 0.3) is 0 Å². The Kier molecular flexibility index (Phi) is 5.42. The fourth-order valence-corrected chi connectivity index (χ4v) is 2.25. The molecule has 0 saturated heterocycles. The van der Waals surface area contributed by atoms with Gasteiger partial charge in [0, 0.05) is 18.1 Å². The Bertz CT molecular complexity index is 265. The van der Waals surface area contributed by atoms with Crippen LogP contribution in [0.3, 0.4) is 0 Å². The van der Waals surface area contributed by atoms with Crippen molar-refractivity contribution in [2.45, 2.75) is 57.5 Å². The van der Waals surface area contributed by atoms with Crippen LogP contribution in [0.1, 0.15) is 46.0 Å². The lowest BCUT2D eigenvalue weighted by molar-refractivity contribution is 0.178. The highest BCUT2D eigenvalue weighted by molar-refractivity contribution is 4.95. The van der Waals surface area contributed by atoms with Crippen molar-refractivity contribution < 1.29 is 0 Å². The van der Waals surface area contributed by atoms with E-state index in [0.717, 1.165) is 19.4 Å². The Morgan fingerprint density at radius 1 is 1.24 bits per heavy atom. The first-order valence-corrected chi connectivity index (χ1v) is 6.78. The SMILES string of the molecule is CN(C)C(C)(C)CNC1CCCCCC1C#N. The smallest absolute Gasteiger partial charge is 0.0672 e. The highest BCUT2D eigenvalue weighted by atomic mass is 15.2. The molecule has 0 radical (unpaired) electrons. The average Bonchev–Trinajstić information content (AvgIpc) is 2.50. The van der Waals surface area contributed by atoms with Crippen LogP contribution in [-0.4, -0.2) is 37.1 Å². The topological polar surface area (TPSA) is 39.1 Å². The minimum Gasteiger partial charge on any atom is -0.311 e. The summed E-state index contributed by atoms with van der Waals surface area (Å²) < 4.78 is 0. The first kappa shape index (κ1) is 14.5. The van der Waals surface area contributed by atoms with E-state index in [4.69, 9.17) is 0 Å². The minimum absolute atomic E-state index is 0.145. The zero-order valence-corrected chi connectivity index (χ0v) is 11.8. The summed E-state index contributed by atoms with van der Waals surface area (Å²) in [5.74, 6) is 0.204. The number of nitrogens with one attached hydrogen (secondary N) is 1. The molecule has 1 aliphatic rings. The highest BCUT2D eigenvalue weighted by Gasteiger charge is 2.26. The summed E-state index contributed by atoms with van der Waals surface area (Å²) in [5, 5.41) is 12.8. The number of hydrogen-bond acceptors (Lipinski definition) is 3. The van der Waals surface area contributed by atoms with Crippen LogP contribution in [0.5, 0.6) is 0 Å². The van der Waals surface area contributed by atoms with Gasteiger partial charge in [-0.05, 0) is 40.8 Å². The molecule has 98 valence electrons.